The minimum Gasteiger partial charge on any atom is -0.481 e. The summed E-state index contributed by atoms with van der Waals surface area (Å²) in [4.78, 5) is 58.9. The number of hydrogen-bond donors (Lipinski definition) is 7. The number of hydrogen-bond acceptors (Lipinski definition) is 7. The summed E-state index contributed by atoms with van der Waals surface area (Å²) in [5, 5.41) is 23.0. The molecule has 2 radical (unpaired) electrons. The first-order valence-electron chi connectivity index (χ1n) is 21.2. The molecule has 0 aromatic rings. The number of carboxylic acids is 1. The second-order valence-corrected chi connectivity index (χ2v) is 14.8. The van der Waals surface area contributed by atoms with Crippen molar-refractivity contribution >= 4 is 37.6 Å². The zero-order chi connectivity index (χ0) is 39.2. The lowest BCUT2D eigenvalue weighted by Crippen LogP contribution is -2.41. The van der Waals surface area contributed by atoms with E-state index in [2.05, 4.69) is 26.5 Å². The number of carbonyl (C=O) groups is 5. The lowest BCUT2D eigenvalue weighted by molar-refractivity contribution is -0.137. The summed E-state index contributed by atoms with van der Waals surface area (Å²) in [6.07, 6.45) is 26.0. The fourth-order valence-electron chi connectivity index (χ4n) is 6.09. The van der Waals surface area contributed by atoms with Gasteiger partial charge in [0, 0.05) is 51.9 Å². The van der Waals surface area contributed by atoms with Crippen molar-refractivity contribution in [1.29, 1.82) is 0 Å². The van der Waals surface area contributed by atoms with Crippen molar-refractivity contribution in [2.24, 2.45) is 5.73 Å². The smallest absolute Gasteiger partial charge is 0.303 e. The van der Waals surface area contributed by atoms with E-state index in [0.717, 1.165) is 83.5 Å². The lowest BCUT2D eigenvalue weighted by atomic mass is 10.0. The van der Waals surface area contributed by atoms with Crippen LogP contribution in [-0.4, -0.2) is 80.9 Å². The average Bonchev–Trinajstić information content (AvgIpc) is 3.13. The van der Waals surface area contributed by atoms with Gasteiger partial charge in [0.05, 0.1) is 6.04 Å². The molecular formula is C40H77BN6O6. The van der Waals surface area contributed by atoms with Gasteiger partial charge >= 0.3 is 5.97 Å². The third kappa shape index (κ3) is 37.4. The summed E-state index contributed by atoms with van der Waals surface area (Å²) < 4.78 is 0. The molecule has 0 aliphatic rings. The molecule has 0 rings (SSSR count). The molecule has 8 N–H and O–H groups in total. The van der Waals surface area contributed by atoms with Crippen LogP contribution in [0.5, 0.6) is 0 Å². The molecule has 0 heterocycles. The van der Waals surface area contributed by atoms with Gasteiger partial charge in [0.25, 0.3) is 0 Å². The SMILES string of the molecule is [B]N[C@H](C)CCCCNC(=O)CCCCCNC(=O)[C@@H](N)CCCCNC(=O)CCCNC(=O)CCCCCCCCCCCCCCCCC(=O)O. The Morgan fingerprint density at radius 1 is 0.472 bits per heavy atom. The zero-order valence-electron chi connectivity index (χ0n) is 33.4. The van der Waals surface area contributed by atoms with Crippen LogP contribution >= 0.6 is 0 Å². The summed E-state index contributed by atoms with van der Waals surface area (Å²) >= 11 is 0. The van der Waals surface area contributed by atoms with E-state index in [9.17, 15) is 24.0 Å². The van der Waals surface area contributed by atoms with Gasteiger partial charge in [-0.05, 0) is 70.3 Å². The Labute approximate surface area is 323 Å². The standard InChI is InChI=1S/C40H77BN6O6/c1-34(47-41)24-18-21-30-43-36(48)27-16-14-20-32-46-40(53)35(42)25-19-22-31-44-38(50)28-23-33-45-37(49)26-15-12-10-8-6-4-2-3-5-7-9-11-13-17-29-39(51)52/h34-35,47H,2-33,42H2,1H3,(H,43,48)(H,44,50)(H,45,49)(H,46,53)(H,51,52)/t34-,35+/m1/s1. The maximum Gasteiger partial charge on any atom is 0.303 e. The lowest BCUT2D eigenvalue weighted by Gasteiger charge is -2.12. The van der Waals surface area contributed by atoms with Crippen LogP contribution < -0.4 is 32.2 Å². The maximum atomic E-state index is 12.3. The van der Waals surface area contributed by atoms with Crippen molar-refractivity contribution in [1.82, 2.24) is 26.5 Å². The molecule has 0 saturated heterocycles. The van der Waals surface area contributed by atoms with Crippen molar-refractivity contribution in [3.8, 4) is 0 Å². The Balaban J connectivity index is 3.50. The van der Waals surface area contributed by atoms with Crippen LogP contribution in [0.2, 0.25) is 0 Å². The molecule has 53 heavy (non-hydrogen) atoms. The average molecular weight is 749 g/mol. The van der Waals surface area contributed by atoms with Crippen molar-refractivity contribution in [3.63, 3.8) is 0 Å². The van der Waals surface area contributed by atoms with E-state index in [1.54, 1.807) is 0 Å². The number of amides is 4. The number of carboxylic acid groups (broad SMARTS) is 1. The second kappa shape index (κ2) is 37.6. The van der Waals surface area contributed by atoms with Crippen LogP contribution in [0.3, 0.4) is 0 Å². The summed E-state index contributed by atoms with van der Waals surface area (Å²) in [6.45, 7) is 4.30. The first kappa shape index (κ1) is 50.3. The van der Waals surface area contributed by atoms with Crippen LogP contribution in [0.25, 0.3) is 0 Å². The molecule has 0 aromatic heterocycles. The van der Waals surface area contributed by atoms with E-state index in [1.165, 1.54) is 57.8 Å². The Morgan fingerprint density at radius 2 is 0.811 bits per heavy atom. The van der Waals surface area contributed by atoms with Crippen LogP contribution in [0.4, 0.5) is 0 Å². The highest BCUT2D eigenvalue weighted by atomic mass is 16.4. The molecule has 0 aliphatic carbocycles. The molecule has 0 fully saturated rings. The maximum absolute atomic E-state index is 12.3. The van der Waals surface area contributed by atoms with Gasteiger partial charge in [0.2, 0.25) is 23.6 Å². The molecule has 0 spiro atoms. The zero-order valence-corrected chi connectivity index (χ0v) is 33.4. The van der Waals surface area contributed by atoms with Gasteiger partial charge in [-0.2, -0.15) is 0 Å². The van der Waals surface area contributed by atoms with E-state index < -0.39 is 12.0 Å². The van der Waals surface area contributed by atoms with Crippen molar-refractivity contribution in [3.05, 3.63) is 0 Å². The highest BCUT2D eigenvalue weighted by Crippen LogP contribution is 2.14. The van der Waals surface area contributed by atoms with E-state index >= 15 is 0 Å². The van der Waals surface area contributed by atoms with Gasteiger partial charge < -0.3 is 37.3 Å². The monoisotopic (exact) mass is 749 g/mol. The van der Waals surface area contributed by atoms with Gasteiger partial charge in [0.1, 0.15) is 0 Å². The second-order valence-electron chi connectivity index (χ2n) is 14.8. The number of rotatable bonds is 39. The molecule has 0 saturated carbocycles. The molecule has 2 atom stereocenters. The van der Waals surface area contributed by atoms with Crippen LogP contribution in [0, 0.1) is 0 Å². The minimum absolute atomic E-state index is 0.0329. The first-order valence-corrected chi connectivity index (χ1v) is 21.2. The number of carbonyl (C=O) groups excluding carboxylic acids is 4. The van der Waals surface area contributed by atoms with Gasteiger partial charge in [0.15, 0.2) is 7.98 Å². The highest BCUT2D eigenvalue weighted by Gasteiger charge is 2.12. The van der Waals surface area contributed by atoms with Crippen LogP contribution in [0.1, 0.15) is 187 Å². The van der Waals surface area contributed by atoms with Gasteiger partial charge in [-0.15, -0.1) is 0 Å². The molecule has 13 heteroatoms. The van der Waals surface area contributed by atoms with E-state index in [4.69, 9.17) is 18.8 Å². The molecule has 12 nitrogen and oxygen atoms in total. The van der Waals surface area contributed by atoms with Crippen molar-refractivity contribution in [2.75, 3.05) is 26.2 Å². The fraction of sp³-hybridized carbons (Fsp3) is 0.875. The number of aliphatic carboxylic acids is 1. The number of nitrogens with two attached hydrogens (primary N) is 1. The molecule has 0 bridgehead atoms. The summed E-state index contributed by atoms with van der Waals surface area (Å²) in [5.74, 6) is -0.763. The molecule has 306 valence electrons. The number of nitrogens with one attached hydrogen (secondary N) is 5. The third-order valence-electron chi connectivity index (χ3n) is 9.60. The van der Waals surface area contributed by atoms with E-state index in [-0.39, 0.29) is 29.7 Å². The van der Waals surface area contributed by atoms with Crippen LogP contribution in [-0.2, 0) is 24.0 Å². The third-order valence-corrected chi connectivity index (χ3v) is 9.60. The Morgan fingerprint density at radius 3 is 1.26 bits per heavy atom. The van der Waals surface area contributed by atoms with Gasteiger partial charge in [-0.1, -0.05) is 96.8 Å². The highest BCUT2D eigenvalue weighted by molar-refractivity contribution is 6.04. The molecule has 4 amide bonds. The van der Waals surface area contributed by atoms with E-state index in [0.29, 0.717) is 64.7 Å². The van der Waals surface area contributed by atoms with Crippen LogP contribution in [0.15, 0.2) is 0 Å². The quantitative estimate of drug-likeness (QED) is 0.0301. The predicted molar refractivity (Wildman–Crippen MR) is 215 cm³/mol. The van der Waals surface area contributed by atoms with E-state index in [1.807, 2.05) is 6.92 Å². The summed E-state index contributed by atoms with van der Waals surface area (Å²) in [7, 11) is 5.37. The minimum atomic E-state index is -0.691. The largest absolute Gasteiger partial charge is 0.481 e. The number of unbranched alkanes of at least 4 members (excludes halogenated alkanes) is 17. The van der Waals surface area contributed by atoms with Gasteiger partial charge in [-0.25, -0.2) is 0 Å². The molecular weight excluding hydrogens is 671 g/mol. The first-order chi connectivity index (χ1) is 25.6. The predicted octanol–water partition coefficient (Wildman–Crippen LogP) is 5.85. The summed E-state index contributed by atoms with van der Waals surface area (Å²) in [5.41, 5.74) is 6.03. The van der Waals surface area contributed by atoms with Gasteiger partial charge in [-0.3, -0.25) is 24.0 Å². The summed E-state index contributed by atoms with van der Waals surface area (Å²) in [6, 6.07) is -0.289. The Hall–Kier alpha value is -2.67. The topological polar surface area (TPSA) is 192 Å². The molecule has 0 aliphatic heterocycles. The Bertz CT molecular complexity index is 943. The normalized spacial score (nSPS) is 12.2. The van der Waals surface area contributed by atoms with Crippen molar-refractivity contribution in [2.45, 2.75) is 199 Å². The Kier molecular flexibility index (Phi) is 35.7. The molecule has 0 unspecified atom stereocenters. The van der Waals surface area contributed by atoms with Crippen molar-refractivity contribution < 1.29 is 29.1 Å². The molecule has 0 aromatic carbocycles. The fourth-order valence-corrected chi connectivity index (χ4v) is 6.09.